The van der Waals surface area contributed by atoms with Crippen molar-refractivity contribution in [2.24, 2.45) is 5.73 Å². The Labute approximate surface area is 94.2 Å². The molecule has 16 heavy (non-hydrogen) atoms. The Morgan fingerprint density at radius 2 is 2.06 bits per heavy atom. The first-order chi connectivity index (χ1) is 7.58. The van der Waals surface area contributed by atoms with Crippen molar-refractivity contribution in [2.75, 3.05) is 18.0 Å². The Morgan fingerprint density at radius 1 is 1.31 bits per heavy atom. The largest absolute Gasteiger partial charge is 0.397 e. The van der Waals surface area contributed by atoms with E-state index < -0.39 is 0 Å². The molecule has 1 aromatic carbocycles. The Morgan fingerprint density at radius 3 is 2.62 bits per heavy atom. The van der Waals surface area contributed by atoms with Gasteiger partial charge in [0.2, 0.25) is 5.91 Å². The van der Waals surface area contributed by atoms with Gasteiger partial charge in [-0.3, -0.25) is 4.79 Å². The third-order valence-corrected chi connectivity index (χ3v) is 2.86. The van der Waals surface area contributed by atoms with Crippen LogP contribution >= 0.6 is 0 Å². The van der Waals surface area contributed by atoms with E-state index in [1.165, 1.54) is 0 Å². The number of likely N-dealkylation sites (tertiary alicyclic amines) is 1. The van der Waals surface area contributed by atoms with Gasteiger partial charge in [0.05, 0.1) is 17.4 Å². The number of carbonyl (C=O) groups is 1. The number of rotatable bonds is 2. The minimum Gasteiger partial charge on any atom is -0.397 e. The van der Waals surface area contributed by atoms with Crippen LogP contribution in [0.25, 0.3) is 0 Å². The topological polar surface area (TPSA) is 98.4 Å². The van der Waals surface area contributed by atoms with Crippen LogP contribution in [0, 0.1) is 0 Å². The van der Waals surface area contributed by atoms with E-state index in [0.29, 0.717) is 24.5 Å². The van der Waals surface area contributed by atoms with Crippen molar-refractivity contribution < 1.29 is 4.79 Å². The van der Waals surface area contributed by atoms with Gasteiger partial charge in [0.25, 0.3) is 0 Å². The van der Waals surface area contributed by atoms with Crippen LogP contribution in [0.2, 0.25) is 0 Å². The van der Waals surface area contributed by atoms with Gasteiger partial charge in [0.1, 0.15) is 0 Å². The lowest BCUT2D eigenvalue weighted by Crippen LogP contribution is -2.33. The van der Waals surface area contributed by atoms with Gasteiger partial charge in [-0.25, -0.2) is 0 Å². The number of nitrogen functional groups attached to an aromatic ring is 2. The molecule has 0 aliphatic carbocycles. The Kier molecular flexibility index (Phi) is 2.70. The number of nitrogens with two attached hydrogens (primary N) is 3. The first-order valence-electron chi connectivity index (χ1n) is 5.26. The summed E-state index contributed by atoms with van der Waals surface area (Å²) in [5, 5.41) is 0. The van der Waals surface area contributed by atoms with Crippen molar-refractivity contribution in [1.82, 2.24) is 4.90 Å². The molecule has 0 aromatic heterocycles. The lowest BCUT2D eigenvalue weighted by molar-refractivity contribution is -0.129. The zero-order valence-electron chi connectivity index (χ0n) is 9.02. The van der Waals surface area contributed by atoms with Gasteiger partial charge in [0.15, 0.2) is 0 Å². The molecular weight excluding hydrogens is 204 g/mol. The number of hydrogen-bond donors (Lipinski definition) is 3. The minimum atomic E-state index is -0.342. The summed E-state index contributed by atoms with van der Waals surface area (Å²) in [6.07, 6.45) is 0.725. The molecular formula is C11H16N4O. The standard InChI is InChI=1S/C11H16N4O/c12-8-2-1-7(5-10(8)14)6-15-4-3-9(13)11(15)16/h1-2,5,9H,3-4,6,12-14H2/t9-/m0/s1. The van der Waals surface area contributed by atoms with Crippen LogP contribution in [-0.4, -0.2) is 23.4 Å². The van der Waals surface area contributed by atoms with E-state index in [-0.39, 0.29) is 11.9 Å². The summed E-state index contributed by atoms with van der Waals surface area (Å²) in [5.74, 6) is 0.00963. The molecule has 0 radical (unpaired) electrons. The van der Waals surface area contributed by atoms with Crippen molar-refractivity contribution in [3.8, 4) is 0 Å². The van der Waals surface area contributed by atoms with Crippen LogP contribution in [0.5, 0.6) is 0 Å². The van der Waals surface area contributed by atoms with Crippen LogP contribution in [0.3, 0.4) is 0 Å². The normalized spacial score (nSPS) is 20.4. The van der Waals surface area contributed by atoms with Crippen molar-refractivity contribution in [2.45, 2.75) is 19.0 Å². The van der Waals surface area contributed by atoms with Gasteiger partial charge in [-0.2, -0.15) is 0 Å². The molecule has 6 N–H and O–H groups in total. The number of carbonyl (C=O) groups excluding carboxylic acids is 1. The highest BCUT2D eigenvalue weighted by Crippen LogP contribution is 2.19. The Bertz CT molecular complexity index is 418. The summed E-state index contributed by atoms with van der Waals surface area (Å²) in [7, 11) is 0. The van der Waals surface area contributed by atoms with Crippen molar-refractivity contribution in [3.05, 3.63) is 23.8 Å². The molecule has 1 aromatic rings. The molecule has 0 unspecified atom stereocenters. The molecule has 1 aliphatic heterocycles. The lowest BCUT2D eigenvalue weighted by atomic mass is 10.1. The zero-order valence-corrected chi connectivity index (χ0v) is 9.02. The maximum atomic E-state index is 11.6. The van der Waals surface area contributed by atoms with E-state index >= 15 is 0 Å². The average Bonchev–Trinajstić information content (AvgIpc) is 2.55. The van der Waals surface area contributed by atoms with Gasteiger partial charge in [0, 0.05) is 13.1 Å². The smallest absolute Gasteiger partial charge is 0.239 e. The molecule has 0 saturated carbocycles. The highest BCUT2D eigenvalue weighted by atomic mass is 16.2. The van der Waals surface area contributed by atoms with E-state index in [0.717, 1.165) is 12.0 Å². The van der Waals surface area contributed by atoms with E-state index in [1.807, 2.05) is 6.07 Å². The Balaban J connectivity index is 2.10. The second-order valence-electron chi connectivity index (χ2n) is 4.12. The molecule has 1 atom stereocenters. The third-order valence-electron chi connectivity index (χ3n) is 2.86. The monoisotopic (exact) mass is 220 g/mol. The van der Waals surface area contributed by atoms with Crippen LogP contribution in [0.4, 0.5) is 11.4 Å². The highest BCUT2D eigenvalue weighted by molar-refractivity contribution is 5.83. The summed E-state index contributed by atoms with van der Waals surface area (Å²) in [6, 6.07) is 5.09. The molecule has 1 heterocycles. The second-order valence-corrected chi connectivity index (χ2v) is 4.12. The maximum absolute atomic E-state index is 11.6. The molecule has 0 spiro atoms. The third kappa shape index (κ3) is 1.94. The van der Waals surface area contributed by atoms with Crippen molar-refractivity contribution in [3.63, 3.8) is 0 Å². The van der Waals surface area contributed by atoms with E-state index in [1.54, 1.807) is 17.0 Å². The summed E-state index contributed by atoms with van der Waals surface area (Å²) in [4.78, 5) is 13.4. The fourth-order valence-electron chi connectivity index (χ4n) is 1.86. The molecule has 86 valence electrons. The maximum Gasteiger partial charge on any atom is 0.239 e. The quantitative estimate of drug-likeness (QED) is 0.607. The molecule has 1 amide bonds. The van der Waals surface area contributed by atoms with Crippen LogP contribution < -0.4 is 17.2 Å². The predicted octanol–water partition coefficient (Wildman–Crippen LogP) is -0.0894. The van der Waals surface area contributed by atoms with Gasteiger partial charge >= 0.3 is 0 Å². The zero-order chi connectivity index (χ0) is 11.7. The van der Waals surface area contributed by atoms with Gasteiger partial charge < -0.3 is 22.1 Å². The number of anilines is 2. The fraction of sp³-hybridized carbons (Fsp3) is 0.364. The van der Waals surface area contributed by atoms with E-state index in [4.69, 9.17) is 17.2 Å². The van der Waals surface area contributed by atoms with Crippen molar-refractivity contribution >= 4 is 17.3 Å². The molecule has 1 fully saturated rings. The molecule has 5 heteroatoms. The van der Waals surface area contributed by atoms with Crippen molar-refractivity contribution in [1.29, 1.82) is 0 Å². The fourth-order valence-corrected chi connectivity index (χ4v) is 1.86. The van der Waals surface area contributed by atoms with E-state index in [2.05, 4.69) is 0 Å². The molecule has 2 rings (SSSR count). The Hall–Kier alpha value is -1.75. The first kappa shape index (κ1) is 10.8. The number of benzene rings is 1. The molecule has 1 saturated heterocycles. The second kappa shape index (κ2) is 4.02. The summed E-state index contributed by atoms with van der Waals surface area (Å²) < 4.78 is 0. The van der Waals surface area contributed by atoms with Gasteiger partial charge in [-0.15, -0.1) is 0 Å². The summed E-state index contributed by atoms with van der Waals surface area (Å²) >= 11 is 0. The van der Waals surface area contributed by atoms with Gasteiger partial charge in [-0.1, -0.05) is 6.07 Å². The molecule has 0 bridgehead atoms. The molecule has 5 nitrogen and oxygen atoms in total. The van der Waals surface area contributed by atoms with E-state index in [9.17, 15) is 4.79 Å². The summed E-state index contributed by atoms with van der Waals surface area (Å²) in [6.45, 7) is 1.27. The number of amides is 1. The number of nitrogens with zero attached hydrogens (tertiary/aromatic N) is 1. The minimum absolute atomic E-state index is 0.00963. The highest BCUT2D eigenvalue weighted by Gasteiger charge is 2.28. The number of hydrogen-bond acceptors (Lipinski definition) is 4. The molecule has 1 aliphatic rings. The SMILES string of the molecule is Nc1ccc(CN2CC[C@H](N)C2=O)cc1N. The van der Waals surface area contributed by atoms with Crippen LogP contribution in [0.15, 0.2) is 18.2 Å². The van der Waals surface area contributed by atoms with Crippen LogP contribution in [-0.2, 0) is 11.3 Å². The van der Waals surface area contributed by atoms with Crippen LogP contribution in [0.1, 0.15) is 12.0 Å². The lowest BCUT2D eigenvalue weighted by Gasteiger charge is -2.16. The summed E-state index contributed by atoms with van der Waals surface area (Å²) in [5.41, 5.74) is 19.1. The predicted molar refractivity (Wildman–Crippen MR) is 63.3 cm³/mol. The average molecular weight is 220 g/mol. The first-order valence-corrected chi connectivity index (χ1v) is 5.26. The van der Waals surface area contributed by atoms with Gasteiger partial charge in [-0.05, 0) is 24.1 Å².